The van der Waals surface area contributed by atoms with Crippen LogP contribution >= 0.6 is 11.5 Å². The average Bonchev–Trinajstić information content (AvgIpc) is 3.51. The van der Waals surface area contributed by atoms with Gasteiger partial charge >= 0.3 is 5.97 Å². The molecule has 1 atom stereocenters. The van der Waals surface area contributed by atoms with Crippen molar-refractivity contribution < 1.29 is 14.3 Å². The number of aliphatic carboxylic acids is 1. The van der Waals surface area contributed by atoms with E-state index < -0.39 is 12.0 Å². The molecular weight excluding hydrogens is 455 g/mol. The highest BCUT2D eigenvalue weighted by molar-refractivity contribution is 7.05. The molecule has 0 spiro atoms. The molecule has 2 aromatic carbocycles. The number of aromatic amines is 1. The van der Waals surface area contributed by atoms with Gasteiger partial charge in [-0.05, 0) is 53.7 Å². The third kappa shape index (κ3) is 5.57. The number of imidazole rings is 1. The van der Waals surface area contributed by atoms with Gasteiger partial charge in [0, 0.05) is 30.1 Å². The number of aryl methyl sites for hydroxylation is 2. The summed E-state index contributed by atoms with van der Waals surface area (Å²) in [6.45, 7) is 4.20. The Labute approximate surface area is 200 Å². The van der Waals surface area contributed by atoms with Crippen molar-refractivity contribution in [2.24, 2.45) is 0 Å². The monoisotopic (exact) mass is 480 g/mol. The van der Waals surface area contributed by atoms with Crippen molar-refractivity contribution in [2.75, 3.05) is 10.6 Å². The van der Waals surface area contributed by atoms with E-state index in [2.05, 4.69) is 30.0 Å². The molecule has 4 rings (SSSR count). The van der Waals surface area contributed by atoms with Crippen molar-refractivity contribution in [3.8, 4) is 11.4 Å². The number of rotatable bonds is 10. The molecule has 34 heavy (non-hydrogen) atoms. The molecule has 8 nitrogen and oxygen atoms in total. The van der Waals surface area contributed by atoms with E-state index in [9.17, 15) is 14.3 Å². The van der Waals surface area contributed by atoms with E-state index in [0.29, 0.717) is 36.0 Å². The molecule has 0 aliphatic heterocycles. The van der Waals surface area contributed by atoms with E-state index in [1.54, 1.807) is 19.3 Å². The predicted octanol–water partition coefficient (Wildman–Crippen LogP) is 4.66. The minimum Gasteiger partial charge on any atom is -0.480 e. The number of carboxylic acid groups (broad SMARTS) is 1. The largest absolute Gasteiger partial charge is 0.480 e. The first-order valence-electron chi connectivity index (χ1n) is 10.9. The second-order valence-electron chi connectivity index (χ2n) is 7.85. The van der Waals surface area contributed by atoms with Gasteiger partial charge < -0.3 is 20.7 Å². The van der Waals surface area contributed by atoms with Crippen molar-refractivity contribution in [3.05, 3.63) is 76.3 Å². The zero-order valence-electron chi connectivity index (χ0n) is 18.8. The average molecular weight is 481 g/mol. The Bertz CT molecular complexity index is 1260. The maximum atomic E-state index is 13.8. The van der Waals surface area contributed by atoms with E-state index in [0.717, 1.165) is 21.7 Å². The number of benzene rings is 2. The summed E-state index contributed by atoms with van der Waals surface area (Å²) < 4.78 is 18.2. The fourth-order valence-electron chi connectivity index (χ4n) is 3.66. The third-order valence-electron chi connectivity index (χ3n) is 5.40. The van der Waals surface area contributed by atoms with Crippen LogP contribution < -0.4 is 10.6 Å². The smallest absolute Gasteiger partial charge is 0.326 e. The predicted molar refractivity (Wildman–Crippen MR) is 131 cm³/mol. The molecule has 0 aliphatic carbocycles. The summed E-state index contributed by atoms with van der Waals surface area (Å²) in [5.41, 5.74) is 3.83. The van der Waals surface area contributed by atoms with Gasteiger partial charge in [0.1, 0.15) is 16.9 Å². The van der Waals surface area contributed by atoms with Crippen LogP contribution in [0.3, 0.4) is 0 Å². The van der Waals surface area contributed by atoms with Gasteiger partial charge in [0.15, 0.2) is 11.8 Å². The maximum absolute atomic E-state index is 13.8. The lowest BCUT2D eigenvalue weighted by molar-refractivity contribution is -0.137. The van der Waals surface area contributed by atoms with Crippen LogP contribution in [0.2, 0.25) is 0 Å². The number of aromatic nitrogens is 4. The molecule has 2 aromatic heterocycles. The van der Waals surface area contributed by atoms with Crippen molar-refractivity contribution >= 4 is 29.1 Å². The van der Waals surface area contributed by atoms with Crippen molar-refractivity contribution in [3.63, 3.8) is 0 Å². The highest BCUT2D eigenvalue weighted by Crippen LogP contribution is 2.25. The Morgan fingerprint density at radius 2 is 2.06 bits per heavy atom. The quantitative estimate of drug-likeness (QED) is 0.261. The summed E-state index contributed by atoms with van der Waals surface area (Å²) in [5, 5.41) is 16.9. The molecule has 4 aromatic rings. The number of nitrogens with zero attached hydrogens (tertiary/aromatic N) is 3. The van der Waals surface area contributed by atoms with Gasteiger partial charge in [-0.3, -0.25) is 0 Å². The van der Waals surface area contributed by atoms with E-state index in [4.69, 9.17) is 0 Å². The summed E-state index contributed by atoms with van der Waals surface area (Å²) in [6.07, 6.45) is 4.28. The zero-order valence-corrected chi connectivity index (χ0v) is 19.6. The van der Waals surface area contributed by atoms with E-state index in [1.807, 2.05) is 31.2 Å². The Hall–Kier alpha value is -3.79. The Kier molecular flexibility index (Phi) is 7.17. The van der Waals surface area contributed by atoms with Gasteiger partial charge in [0.05, 0.1) is 6.54 Å². The topological polar surface area (TPSA) is 116 Å². The second kappa shape index (κ2) is 10.4. The Morgan fingerprint density at radius 3 is 2.74 bits per heavy atom. The number of hydrogen-bond acceptors (Lipinski definition) is 7. The molecule has 10 heteroatoms. The standard InChI is InChI=1S/C24H25FN6O2S/c1-3-16-12-18(25)10-14(2)21(16)29-19(23(32)33)11-15-4-6-17(7-5-15)22-30-20(34-31-22)13-28-24-26-8-9-27-24/h4-10,12,19,29H,3,11,13H2,1-2H3,(H,32,33)(H2,26,27,28). The fraction of sp³-hybridized carbons (Fsp3) is 0.250. The van der Waals surface area contributed by atoms with E-state index in [1.165, 1.54) is 23.7 Å². The van der Waals surface area contributed by atoms with Gasteiger partial charge in [-0.15, -0.1) is 0 Å². The molecule has 4 N–H and O–H groups in total. The number of anilines is 2. The highest BCUT2D eigenvalue weighted by atomic mass is 32.1. The molecule has 0 saturated heterocycles. The molecular formula is C24H25FN6O2S. The number of carbonyl (C=O) groups is 1. The first-order chi connectivity index (χ1) is 16.4. The van der Waals surface area contributed by atoms with Crippen LogP contribution in [0.25, 0.3) is 11.4 Å². The van der Waals surface area contributed by atoms with Gasteiger partial charge in [0.2, 0.25) is 0 Å². The molecule has 0 saturated carbocycles. The lowest BCUT2D eigenvalue weighted by atomic mass is 10.0. The Morgan fingerprint density at radius 1 is 1.26 bits per heavy atom. The summed E-state index contributed by atoms with van der Waals surface area (Å²) >= 11 is 1.31. The first kappa shape index (κ1) is 23.4. The van der Waals surface area contributed by atoms with Crippen LogP contribution in [-0.2, 0) is 24.2 Å². The second-order valence-corrected chi connectivity index (χ2v) is 8.69. The van der Waals surface area contributed by atoms with E-state index in [-0.39, 0.29) is 12.2 Å². The fourth-order valence-corrected chi connectivity index (χ4v) is 4.27. The number of H-pyrrole nitrogens is 1. The van der Waals surface area contributed by atoms with Crippen LogP contribution in [-0.4, -0.2) is 36.4 Å². The lowest BCUT2D eigenvalue weighted by Crippen LogP contribution is -2.32. The summed E-state index contributed by atoms with van der Waals surface area (Å²) in [7, 11) is 0. The van der Waals surface area contributed by atoms with Gasteiger partial charge in [0.25, 0.3) is 0 Å². The summed E-state index contributed by atoms with van der Waals surface area (Å²) in [4.78, 5) is 23.6. The van der Waals surface area contributed by atoms with Crippen molar-refractivity contribution in [1.29, 1.82) is 0 Å². The molecule has 2 heterocycles. The third-order valence-corrected chi connectivity index (χ3v) is 6.12. The van der Waals surface area contributed by atoms with Gasteiger partial charge in [-0.25, -0.2) is 19.2 Å². The number of hydrogen-bond donors (Lipinski definition) is 4. The molecule has 0 bridgehead atoms. The Balaban J connectivity index is 1.43. The van der Waals surface area contributed by atoms with Gasteiger partial charge in [-0.2, -0.15) is 4.37 Å². The van der Waals surface area contributed by atoms with Crippen LogP contribution in [0.15, 0.2) is 48.8 Å². The molecule has 0 amide bonds. The maximum Gasteiger partial charge on any atom is 0.326 e. The minimum absolute atomic E-state index is 0.276. The molecule has 0 radical (unpaired) electrons. The zero-order chi connectivity index (χ0) is 24.1. The minimum atomic E-state index is -0.968. The number of halogens is 1. The lowest BCUT2D eigenvalue weighted by Gasteiger charge is -2.20. The SMILES string of the molecule is CCc1cc(F)cc(C)c1NC(Cc1ccc(-c2nsc(CNc3ncc[nH]3)n2)cc1)C(=O)O. The van der Waals surface area contributed by atoms with E-state index >= 15 is 0 Å². The van der Waals surface area contributed by atoms with Crippen LogP contribution in [0, 0.1) is 12.7 Å². The number of carboxylic acids is 1. The van der Waals surface area contributed by atoms with Gasteiger partial charge in [-0.1, -0.05) is 31.2 Å². The summed E-state index contributed by atoms with van der Waals surface area (Å²) in [5.74, 6) is 0.00227. The normalized spacial score (nSPS) is 11.9. The molecule has 1 unspecified atom stereocenters. The molecule has 176 valence electrons. The van der Waals surface area contributed by atoms with Crippen LogP contribution in [0.4, 0.5) is 16.0 Å². The molecule has 0 fully saturated rings. The summed E-state index contributed by atoms with van der Waals surface area (Å²) in [6, 6.07) is 9.55. The van der Waals surface area contributed by atoms with Crippen molar-refractivity contribution in [1.82, 2.24) is 19.3 Å². The first-order valence-corrected chi connectivity index (χ1v) is 11.6. The number of nitrogens with one attached hydrogen (secondary N) is 3. The highest BCUT2D eigenvalue weighted by Gasteiger charge is 2.20. The van der Waals surface area contributed by atoms with Crippen LogP contribution in [0.5, 0.6) is 0 Å². The van der Waals surface area contributed by atoms with Crippen molar-refractivity contribution in [2.45, 2.75) is 39.3 Å². The van der Waals surface area contributed by atoms with Crippen LogP contribution in [0.1, 0.15) is 28.6 Å². The molecule has 0 aliphatic rings.